The maximum atomic E-state index is 11.7. The number of rotatable bonds is 4. The number of halogens is 1. The Bertz CT molecular complexity index is 568. The average Bonchev–Trinajstić information content (AvgIpc) is 2.82. The van der Waals surface area contributed by atoms with Gasteiger partial charge in [-0.15, -0.1) is 0 Å². The summed E-state index contributed by atoms with van der Waals surface area (Å²) in [5.74, 6) is 0.959. The van der Waals surface area contributed by atoms with Gasteiger partial charge in [0.05, 0.1) is 6.54 Å². The fraction of sp³-hybridized carbons (Fsp3) is 0.400. The Kier molecular flexibility index (Phi) is 3.61. The maximum Gasteiger partial charge on any atom is 0.255 e. The van der Waals surface area contributed by atoms with E-state index in [1.807, 2.05) is 6.92 Å². The molecule has 0 fully saturated rings. The summed E-state index contributed by atoms with van der Waals surface area (Å²) in [4.78, 5) is 21.2. The van der Waals surface area contributed by atoms with Crippen molar-refractivity contribution < 1.29 is 4.79 Å². The van der Waals surface area contributed by atoms with Crippen LogP contribution in [0.2, 0.25) is 5.15 Å². The lowest BCUT2D eigenvalue weighted by atomic mass is 10.4. The van der Waals surface area contributed by atoms with Crippen molar-refractivity contribution in [3.8, 4) is 0 Å². The number of hydrogen-bond donors (Lipinski definition) is 1. The van der Waals surface area contributed by atoms with Gasteiger partial charge in [-0.3, -0.25) is 4.79 Å². The summed E-state index contributed by atoms with van der Waals surface area (Å²) in [5, 5.41) is 7.27. The van der Waals surface area contributed by atoms with Crippen LogP contribution in [0.4, 0.5) is 5.82 Å². The second kappa shape index (κ2) is 5.18. The van der Waals surface area contributed by atoms with Crippen molar-refractivity contribution >= 4 is 29.1 Å². The molecule has 2 aromatic rings. The summed E-state index contributed by atoms with van der Waals surface area (Å²) in [6, 6.07) is 1.60. The van der Waals surface area contributed by atoms with Crippen LogP contribution in [0.1, 0.15) is 6.92 Å². The Labute approximate surface area is 109 Å². The van der Waals surface area contributed by atoms with Gasteiger partial charge in [0, 0.05) is 19.7 Å². The van der Waals surface area contributed by atoms with Crippen molar-refractivity contribution in [2.45, 2.75) is 6.92 Å². The normalized spacial score (nSPS) is 10.6. The van der Waals surface area contributed by atoms with Crippen LogP contribution in [0, 0.1) is 0 Å². The largest absolute Gasteiger partial charge is 0.361 e. The van der Waals surface area contributed by atoms with Crippen molar-refractivity contribution in [2.24, 2.45) is 0 Å². The number of aromatic nitrogens is 4. The summed E-state index contributed by atoms with van der Waals surface area (Å²) in [6.07, 6.45) is 1.38. The molecule has 0 aliphatic rings. The van der Waals surface area contributed by atoms with E-state index < -0.39 is 0 Å². The van der Waals surface area contributed by atoms with Gasteiger partial charge in [0.15, 0.2) is 0 Å². The Morgan fingerprint density at radius 1 is 1.61 bits per heavy atom. The van der Waals surface area contributed by atoms with Crippen LogP contribution in [0.15, 0.2) is 12.4 Å². The predicted molar refractivity (Wildman–Crippen MR) is 67.6 cm³/mol. The first-order valence-corrected chi connectivity index (χ1v) is 5.83. The molecule has 0 aliphatic carbocycles. The molecular formula is C10H13ClN6O. The zero-order valence-corrected chi connectivity index (χ0v) is 10.8. The van der Waals surface area contributed by atoms with Crippen LogP contribution in [0.25, 0.3) is 5.78 Å². The number of anilines is 1. The Hall–Kier alpha value is -1.89. The zero-order chi connectivity index (χ0) is 13.1. The Morgan fingerprint density at radius 2 is 2.39 bits per heavy atom. The van der Waals surface area contributed by atoms with E-state index in [1.54, 1.807) is 18.0 Å². The minimum atomic E-state index is -0.0151. The van der Waals surface area contributed by atoms with Crippen LogP contribution in [-0.2, 0) is 4.79 Å². The first-order valence-electron chi connectivity index (χ1n) is 5.46. The van der Waals surface area contributed by atoms with Crippen molar-refractivity contribution in [3.05, 3.63) is 17.5 Å². The number of fused-ring (bicyclic) bond motifs is 1. The third-order valence-corrected chi connectivity index (χ3v) is 2.74. The molecule has 0 bridgehead atoms. The molecule has 0 aliphatic heterocycles. The van der Waals surface area contributed by atoms with Crippen LogP contribution < -0.4 is 5.32 Å². The lowest BCUT2D eigenvalue weighted by molar-refractivity contribution is -0.127. The first kappa shape index (κ1) is 12.6. The molecule has 1 amide bonds. The van der Waals surface area contributed by atoms with Crippen molar-refractivity contribution in [2.75, 3.05) is 25.5 Å². The standard InChI is InChI=1S/C10H13ClN6O/c1-3-16(2)9(18)5-12-8-4-7(11)15-10-13-6-14-17(8)10/h4,6,12H,3,5H2,1-2H3. The topological polar surface area (TPSA) is 75.4 Å². The minimum absolute atomic E-state index is 0.0151. The number of carbonyl (C=O) groups excluding carboxylic acids is 1. The van der Waals surface area contributed by atoms with Crippen LogP contribution >= 0.6 is 11.6 Å². The van der Waals surface area contributed by atoms with Crippen molar-refractivity contribution in [1.29, 1.82) is 0 Å². The van der Waals surface area contributed by atoms with Gasteiger partial charge in [0.1, 0.15) is 17.3 Å². The highest BCUT2D eigenvalue weighted by Crippen LogP contribution is 2.14. The number of nitrogens with one attached hydrogen (secondary N) is 1. The molecule has 96 valence electrons. The molecule has 0 saturated carbocycles. The smallest absolute Gasteiger partial charge is 0.255 e. The van der Waals surface area contributed by atoms with Gasteiger partial charge >= 0.3 is 0 Å². The molecule has 18 heavy (non-hydrogen) atoms. The third-order valence-electron chi connectivity index (χ3n) is 2.54. The van der Waals surface area contributed by atoms with E-state index in [9.17, 15) is 4.79 Å². The maximum absolute atomic E-state index is 11.7. The van der Waals surface area contributed by atoms with Crippen LogP contribution in [0.5, 0.6) is 0 Å². The van der Waals surface area contributed by atoms with E-state index in [-0.39, 0.29) is 12.5 Å². The molecule has 0 aromatic carbocycles. The van der Waals surface area contributed by atoms with E-state index in [1.165, 1.54) is 10.8 Å². The average molecular weight is 269 g/mol. The Balaban J connectivity index is 2.16. The SMILES string of the molecule is CCN(C)C(=O)CNc1cc(Cl)nc2ncnn12. The second-order valence-electron chi connectivity index (χ2n) is 3.70. The number of amides is 1. The Morgan fingerprint density at radius 3 is 3.11 bits per heavy atom. The van der Waals surface area contributed by atoms with Gasteiger partial charge in [0.25, 0.3) is 5.78 Å². The fourth-order valence-corrected chi connectivity index (χ4v) is 1.57. The number of nitrogens with zero attached hydrogens (tertiary/aromatic N) is 5. The second-order valence-corrected chi connectivity index (χ2v) is 4.08. The fourth-order valence-electron chi connectivity index (χ4n) is 1.39. The number of hydrogen-bond acceptors (Lipinski definition) is 5. The molecule has 8 heteroatoms. The highest BCUT2D eigenvalue weighted by Gasteiger charge is 2.09. The molecule has 0 spiro atoms. The number of likely N-dealkylation sites (N-methyl/N-ethyl adjacent to an activating group) is 1. The molecule has 1 N–H and O–H groups in total. The molecular weight excluding hydrogens is 256 g/mol. The summed E-state index contributed by atoms with van der Waals surface area (Å²) < 4.78 is 1.49. The van der Waals surface area contributed by atoms with E-state index in [2.05, 4.69) is 20.4 Å². The lowest BCUT2D eigenvalue weighted by Crippen LogP contribution is -2.32. The van der Waals surface area contributed by atoms with Gasteiger partial charge in [0.2, 0.25) is 5.91 Å². The van der Waals surface area contributed by atoms with Gasteiger partial charge in [-0.2, -0.15) is 19.6 Å². The highest BCUT2D eigenvalue weighted by molar-refractivity contribution is 6.29. The minimum Gasteiger partial charge on any atom is -0.361 e. The molecule has 0 radical (unpaired) electrons. The monoisotopic (exact) mass is 268 g/mol. The van der Waals surface area contributed by atoms with Crippen molar-refractivity contribution in [3.63, 3.8) is 0 Å². The zero-order valence-electron chi connectivity index (χ0n) is 10.1. The van der Waals surface area contributed by atoms with E-state index in [0.717, 1.165) is 0 Å². The summed E-state index contributed by atoms with van der Waals surface area (Å²) in [7, 11) is 1.74. The molecule has 2 rings (SSSR count). The number of carbonyl (C=O) groups is 1. The first-order chi connectivity index (χ1) is 8.61. The summed E-state index contributed by atoms with van der Waals surface area (Å²) in [5.41, 5.74) is 0. The van der Waals surface area contributed by atoms with E-state index in [4.69, 9.17) is 11.6 Å². The molecule has 2 heterocycles. The lowest BCUT2D eigenvalue weighted by Gasteiger charge is -2.15. The molecule has 7 nitrogen and oxygen atoms in total. The van der Waals surface area contributed by atoms with E-state index >= 15 is 0 Å². The van der Waals surface area contributed by atoms with Gasteiger partial charge in [-0.1, -0.05) is 11.6 Å². The predicted octanol–water partition coefficient (Wildman–Crippen LogP) is 0.668. The van der Waals surface area contributed by atoms with Gasteiger partial charge in [-0.25, -0.2) is 0 Å². The van der Waals surface area contributed by atoms with Gasteiger partial charge in [-0.05, 0) is 6.92 Å². The molecule has 0 unspecified atom stereocenters. The van der Waals surface area contributed by atoms with Crippen molar-refractivity contribution in [1.82, 2.24) is 24.5 Å². The highest BCUT2D eigenvalue weighted by atomic mass is 35.5. The molecule has 0 atom stereocenters. The quantitative estimate of drug-likeness (QED) is 0.825. The van der Waals surface area contributed by atoms with Gasteiger partial charge < -0.3 is 10.2 Å². The summed E-state index contributed by atoms with van der Waals surface area (Å²) >= 11 is 5.86. The van der Waals surface area contributed by atoms with Crippen LogP contribution in [0.3, 0.4) is 0 Å². The third kappa shape index (κ3) is 2.51. The van der Waals surface area contributed by atoms with Crippen LogP contribution in [-0.4, -0.2) is 50.5 Å². The molecule has 0 saturated heterocycles. The van der Waals surface area contributed by atoms with E-state index in [0.29, 0.717) is 23.3 Å². The summed E-state index contributed by atoms with van der Waals surface area (Å²) in [6.45, 7) is 2.74. The molecule has 2 aromatic heterocycles.